The summed E-state index contributed by atoms with van der Waals surface area (Å²) in [5.41, 5.74) is 1.90. The van der Waals surface area contributed by atoms with E-state index in [0.717, 1.165) is 16.5 Å². The van der Waals surface area contributed by atoms with Gasteiger partial charge < -0.3 is 9.73 Å². The molecule has 0 fully saturated rings. The molecule has 1 atom stereocenters. The standard InChI is InChI=1S/C18H22N2O4S/c1-14-5-7-16(8-6-14)10-13-25(22,23)19-11-9-18(21)20-15(2)17-4-3-12-24-17/h3-8,10,12-13,15,19H,9,11H2,1-2H3,(H,20,21)/b13-10+/t15-/m1/s1. The molecule has 0 aliphatic carbocycles. The number of aryl methyl sites for hydroxylation is 1. The average Bonchev–Trinajstić information content (AvgIpc) is 3.09. The quantitative estimate of drug-likeness (QED) is 0.756. The first-order valence-corrected chi connectivity index (χ1v) is 9.47. The highest BCUT2D eigenvalue weighted by Crippen LogP contribution is 2.12. The molecule has 0 saturated carbocycles. The number of amides is 1. The van der Waals surface area contributed by atoms with Gasteiger partial charge in [-0.25, -0.2) is 13.1 Å². The Labute approximate surface area is 148 Å². The Balaban J connectivity index is 1.77. The van der Waals surface area contributed by atoms with Crippen molar-refractivity contribution in [3.05, 3.63) is 65.0 Å². The van der Waals surface area contributed by atoms with Gasteiger partial charge in [0.25, 0.3) is 0 Å². The second-order valence-electron chi connectivity index (χ2n) is 5.71. The van der Waals surface area contributed by atoms with Crippen LogP contribution in [0.3, 0.4) is 0 Å². The molecular weight excluding hydrogens is 340 g/mol. The van der Waals surface area contributed by atoms with Crippen LogP contribution in [0.1, 0.15) is 36.3 Å². The molecule has 7 heteroatoms. The molecule has 0 aliphatic rings. The molecule has 1 aromatic heterocycles. The summed E-state index contributed by atoms with van der Waals surface area (Å²) in [4.78, 5) is 11.8. The lowest BCUT2D eigenvalue weighted by Crippen LogP contribution is -2.31. The zero-order valence-electron chi connectivity index (χ0n) is 14.2. The number of hydrogen-bond donors (Lipinski definition) is 2. The predicted octanol–water partition coefficient (Wildman–Crippen LogP) is 2.75. The second kappa shape index (κ2) is 8.64. The third-order valence-corrected chi connectivity index (χ3v) is 4.62. The van der Waals surface area contributed by atoms with Crippen LogP contribution in [-0.2, 0) is 14.8 Å². The van der Waals surface area contributed by atoms with Crippen LogP contribution in [0.2, 0.25) is 0 Å². The van der Waals surface area contributed by atoms with Gasteiger partial charge in [0.1, 0.15) is 5.76 Å². The Hall–Kier alpha value is -2.38. The predicted molar refractivity (Wildman–Crippen MR) is 97.0 cm³/mol. The molecule has 0 unspecified atom stereocenters. The van der Waals surface area contributed by atoms with E-state index in [0.29, 0.717) is 5.76 Å². The number of carbonyl (C=O) groups is 1. The SMILES string of the molecule is Cc1ccc(/C=C/S(=O)(=O)NCCC(=O)N[C@H](C)c2ccco2)cc1. The number of nitrogens with one attached hydrogen (secondary N) is 2. The second-order valence-corrected chi connectivity index (χ2v) is 7.36. The highest BCUT2D eigenvalue weighted by molar-refractivity contribution is 7.92. The summed E-state index contributed by atoms with van der Waals surface area (Å²) < 4.78 is 31.4. The van der Waals surface area contributed by atoms with Gasteiger partial charge in [0.15, 0.2) is 0 Å². The minimum Gasteiger partial charge on any atom is -0.467 e. The number of carbonyl (C=O) groups excluding carboxylic acids is 1. The highest BCUT2D eigenvalue weighted by Gasteiger charge is 2.12. The maximum absolute atomic E-state index is 11.9. The van der Waals surface area contributed by atoms with Crippen LogP contribution < -0.4 is 10.0 Å². The molecule has 0 spiro atoms. The number of benzene rings is 1. The first-order chi connectivity index (χ1) is 11.9. The maximum Gasteiger partial charge on any atom is 0.233 e. The van der Waals surface area contributed by atoms with Gasteiger partial charge in [0.05, 0.1) is 12.3 Å². The Morgan fingerprint density at radius 2 is 1.96 bits per heavy atom. The van der Waals surface area contributed by atoms with Gasteiger partial charge >= 0.3 is 0 Å². The number of furan rings is 1. The normalized spacial score (nSPS) is 13.0. The zero-order valence-corrected chi connectivity index (χ0v) is 15.0. The fraction of sp³-hybridized carbons (Fsp3) is 0.278. The van der Waals surface area contributed by atoms with Gasteiger partial charge in [-0.2, -0.15) is 0 Å². The van der Waals surface area contributed by atoms with E-state index >= 15 is 0 Å². The molecule has 0 bridgehead atoms. The van der Waals surface area contributed by atoms with E-state index in [1.54, 1.807) is 19.1 Å². The lowest BCUT2D eigenvalue weighted by atomic mass is 10.2. The first kappa shape index (κ1) is 19.0. The Morgan fingerprint density at radius 3 is 2.60 bits per heavy atom. The lowest BCUT2D eigenvalue weighted by molar-refractivity contribution is -0.121. The van der Waals surface area contributed by atoms with Crippen LogP contribution in [0.15, 0.2) is 52.5 Å². The summed E-state index contributed by atoms with van der Waals surface area (Å²) in [7, 11) is -3.59. The van der Waals surface area contributed by atoms with Crippen molar-refractivity contribution in [3.8, 4) is 0 Å². The number of rotatable bonds is 8. The topological polar surface area (TPSA) is 88.4 Å². The molecule has 2 N–H and O–H groups in total. The molecule has 0 saturated heterocycles. The summed E-state index contributed by atoms with van der Waals surface area (Å²) in [5.74, 6) is 0.393. The minimum absolute atomic E-state index is 0.0251. The molecule has 134 valence electrons. The van der Waals surface area contributed by atoms with E-state index in [1.807, 2.05) is 31.2 Å². The lowest BCUT2D eigenvalue weighted by Gasteiger charge is -2.11. The van der Waals surface area contributed by atoms with Crippen molar-refractivity contribution in [1.29, 1.82) is 0 Å². The zero-order chi connectivity index (χ0) is 18.3. The molecular formula is C18H22N2O4S. The molecule has 1 aromatic carbocycles. The van der Waals surface area contributed by atoms with Crippen molar-refractivity contribution >= 4 is 22.0 Å². The molecule has 1 heterocycles. The van der Waals surface area contributed by atoms with Gasteiger partial charge in [-0.1, -0.05) is 29.8 Å². The third-order valence-electron chi connectivity index (χ3n) is 3.52. The van der Waals surface area contributed by atoms with Crippen molar-refractivity contribution < 1.29 is 17.6 Å². The maximum atomic E-state index is 11.9. The summed E-state index contributed by atoms with van der Waals surface area (Å²) in [6.45, 7) is 3.78. The first-order valence-electron chi connectivity index (χ1n) is 7.93. The third kappa shape index (κ3) is 6.56. The van der Waals surface area contributed by atoms with Crippen LogP contribution in [0.25, 0.3) is 6.08 Å². The molecule has 0 aliphatic heterocycles. The van der Waals surface area contributed by atoms with E-state index in [9.17, 15) is 13.2 Å². The smallest absolute Gasteiger partial charge is 0.233 e. The summed E-state index contributed by atoms with van der Waals surface area (Å²) in [6.07, 6.45) is 3.09. The van der Waals surface area contributed by atoms with Crippen LogP contribution in [0, 0.1) is 6.92 Å². The van der Waals surface area contributed by atoms with E-state index in [-0.39, 0.29) is 24.9 Å². The van der Waals surface area contributed by atoms with E-state index in [2.05, 4.69) is 10.0 Å². The van der Waals surface area contributed by atoms with Gasteiger partial charge in [-0.15, -0.1) is 0 Å². The van der Waals surface area contributed by atoms with Crippen molar-refractivity contribution in [3.63, 3.8) is 0 Å². The molecule has 2 aromatic rings. The molecule has 2 rings (SSSR count). The Kier molecular flexibility index (Phi) is 6.55. The van der Waals surface area contributed by atoms with Crippen molar-refractivity contribution in [1.82, 2.24) is 10.0 Å². The van der Waals surface area contributed by atoms with Crippen LogP contribution >= 0.6 is 0 Å². The van der Waals surface area contributed by atoms with Crippen molar-refractivity contribution in [2.45, 2.75) is 26.3 Å². The van der Waals surface area contributed by atoms with Gasteiger partial charge in [-0.3, -0.25) is 4.79 Å². The summed E-state index contributed by atoms with van der Waals surface area (Å²) in [5, 5.41) is 3.84. The Bertz CT molecular complexity index is 809. The molecule has 0 radical (unpaired) electrons. The van der Waals surface area contributed by atoms with Gasteiger partial charge in [0.2, 0.25) is 15.9 Å². The Morgan fingerprint density at radius 1 is 1.24 bits per heavy atom. The van der Waals surface area contributed by atoms with Crippen LogP contribution in [0.4, 0.5) is 0 Å². The largest absolute Gasteiger partial charge is 0.467 e. The number of hydrogen-bond acceptors (Lipinski definition) is 4. The van der Waals surface area contributed by atoms with Crippen LogP contribution in [-0.4, -0.2) is 20.9 Å². The van der Waals surface area contributed by atoms with Crippen molar-refractivity contribution in [2.24, 2.45) is 0 Å². The fourth-order valence-corrected chi connectivity index (χ4v) is 2.94. The highest BCUT2D eigenvalue weighted by atomic mass is 32.2. The summed E-state index contributed by atoms with van der Waals surface area (Å²) in [6, 6.07) is 10.7. The molecule has 25 heavy (non-hydrogen) atoms. The van der Waals surface area contributed by atoms with Crippen molar-refractivity contribution in [2.75, 3.05) is 6.54 Å². The van der Waals surface area contributed by atoms with E-state index in [1.165, 1.54) is 12.3 Å². The number of sulfonamides is 1. The average molecular weight is 362 g/mol. The van der Waals surface area contributed by atoms with Gasteiger partial charge in [-0.05, 0) is 37.6 Å². The van der Waals surface area contributed by atoms with Gasteiger partial charge in [0, 0.05) is 18.4 Å². The minimum atomic E-state index is -3.59. The van der Waals surface area contributed by atoms with Crippen LogP contribution in [0.5, 0.6) is 0 Å². The molecule has 6 nitrogen and oxygen atoms in total. The fourth-order valence-electron chi connectivity index (χ4n) is 2.12. The summed E-state index contributed by atoms with van der Waals surface area (Å²) >= 11 is 0. The monoisotopic (exact) mass is 362 g/mol. The van der Waals surface area contributed by atoms with E-state index in [4.69, 9.17) is 4.42 Å². The molecule has 1 amide bonds. The van der Waals surface area contributed by atoms with E-state index < -0.39 is 10.0 Å².